The first-order valence-electron chi connectivity index (χ1n) is 5.49. The molecule has 86 valence electrons. The second-order valence-electron chi connectivity index (χ2n) is 4.05. The topological polar surface area (TPSA) is 55.1 Å². The average molecular weight is 236 g/mol. The maximum atomic E-state index is 11.4. The van der Waals surface area contributed by atoms with Gasteiger partial charge in [0.15, 0.2) is 0 Å². The van der Waals surface area contributed by atoms with Crippen LogP contribution in [-0.2, 0) is 4.79 Å². The van der Waals surface area contributed by atoms with Crippen molar-refractivity contribution in [3.63, 3.8) is 0 Å². The van der Waals surface area contributed by atoms with Crippen molar-refractivity contribution in [2.24, 2.45) is 5.73 Å². The molecule has 0 aliphatic carbocycles. The molecule has 2 rings (SSSR count). The molecule has 3 N–H and O–H groups in total. The molecule has 1 aliphatic rings. The molecule has 0 radical (unpaired) electrons. The third-order valence-electron chi connectivity index (χ3n) is 2.81. The van der Waals surface area contributed by atoms with Gasteiger partial charge in [0.25, 0.3) is 0 Å². The molecule has 0 saturated heterocycles. The van der Waals surface area contributed by atoms with Crippen molar-refractivity contribution in [1.29, 1.82) is 0 Å². The molecule has 1 amide bonds. The number of nitrogens with one attached hydrogen (secondary N) is 1. The summed E-state index contributed by atoms with van der Waals surface area (Å²) in [7, 11) is 0. The highest BCUT2D eigenvalue weighted by atomic mass is 32.2. The summed E-state index contributed by atoms with van der Waals surface area (Å²) in [6, 6.07) is 5.49. The van der Waals surface area contributed by atoms with E-state index in [0.717, 1.165) is 17.7 Å². The fourth-order valence-electron chi connectivity index (χ4n) is 1.66. The van der Waals surface area contributed by atoms with E-state index < -0.39 is 6.04 Å². The molecule has 1 aliphatic heterocycles. The van der Waals surface area contributed by atoms with Crippen LogP contribution in [0, 0.1) is 0 Å². The lowest BCUT2D eigenvalue weighted by molar-refractivity contribution is -0.116. The zero-order chi connectivity index (χ0) is 11.7. The standard InChI is InChI=1S/C12H16N2OS/c1-3-7(2)16-8-4-5-9-10(6-8)14-12(15)11(9)13/h4-7,11H,3,13H2,1-2H3,(H,14,15). The van der Waals surface area contributed by atoms with Crippen LogP contribution in [0.4, 0.5) is 5.69 Å². The Labute approximate surface area is 99.8 Å². The molecule has 0 bridgehead atoms. The summed E-state index contributed by atoms with van der Waals surface area (Å²) < 4.78 is 0. The number of carbonyl (C=O) groups excluding carboxylic acids is 1. The minimum atomic E-state index is -0.502. The molecule has 1 aromatic rings. The molecule has 0 saturated carbocycles. The molecule has 4 heteroatoms. The highest BCUT2D eigenvalue weighted by Gasteiger charge is 2.26. The second kappa shape index (κ2) is 4.47. The normalized spacial score (nSPS) is 20.4. The van der Waals surface area contributed by atoms with Crippen LogP contribution >= 0.6 is 11.8 Å². The molecular formula is C12H16N2OS. The third-order valence-corrected chi connectivity index (χ3v) is 4.07. The van der Waals surface area contributed by atoms with E-state index in [2.05, 4.69) is 19.2 Å². The predicted octanol–water partition coefficient (Wildman–Crippen LogP) is 2.53. The molecule has 0 fully saturated rings. The zero-order valence-electron chi connectivity index (χ0n) is 9.49. The van der Waals surface area contributed by atoms with Gasteiger partial charge in [-0.15, -0.1) is 11.8 Å². The van der Waals surface area contributed by atoms with Crippen LogP contribution in [0.3, 0.4) is 0 Å². The Kier molecular flexibility index (Phi) is 3.21. The molecule has 2 atom stereocenters. The lowest BCUT2D eigenvalue weighted by Gasteiger charge is -2.09. The first-order chi connectivity index (χ1) is 7.61. The number of amides is 1. The lowest BCUT2D eigenvalue weighted by Crippen LogP contribution is -2.19. The van der Waals surface area contributed by atoms with E-state index in [1.54, 1.807) is 0 Å². The third kappa shape index (κ3) is 2.08. The van der Waals surface area contributed by atoms with E-state index in [4.69, 9.17) is 5.73 Å². The van der Waals surface area contributed by atoms with E-state index in [-0.39, 0.29) is 5.91 Å². The molecule has 0 spiro atoms. The van der Waals surface area contributed by atoms with Gasteiger partial charge in [-0.3, -0.25) is 4.79 Å². The Morgan fingerprint density at radius 2 is 2.31 bits per heavy atom. The van der Waals surface area contributed by atoms with Crippen molar-refractivity contribution in [2.75, 3.05) is 5.32 Å². The van der Waals surface area contributed by atoms with Gasteiger partial charge in [-0.05, 0) is 18.6 Å². The monoisotopic (exact) mass is 236 g/mol. The van der Waals surface area contributed by atoms with E-state index in [0.29, 0.717) is 5.25 Å². The van der Waals surface area contributed by atoms with E-state index in [1.165, 1.54) is 4.90 Å². The number of fused-ring (bicyclic) bond motifs is 1. The number of hydrogen-bond donors (Lipinski definition) is 2. The van der Waals surface area contributed by atoms with Gasteiger partial charge in [0.2, 0.25) is 5.91 Å². The maximum Gasteiger partial charge on any atom is 0.245 e. The second-order valence-corrected chi connectivity index (χ2v) is 5.56. The zero-order valence-corrected chi connectivity index (χ0v) is 10.3. The molecular weight excluding hydrogens is 220 g/mol. The average Bonchev–Trinajstić information content (AvgIpc) is 2.54. The van der Waals surface area contributed by atoms with Crippen LogP contribution in [0.25, 0.3) is 0 Å². The van der Waals surface area contributed by atoms with Gasteiger partial charge in [-0.25, -0.2) is 0 Å². The van der Waals surface area contributed by atoms with Crippen molar-refractivity contribution in [2.45, 2.75) is 36.5 Å². The number of carbonyl (C=O) groups is 1. The summed E-state index contributed by atoms with van der Waals surface area (Å²) in [6.07, 6.45) is 1.13. The van der Waals surface area contributed by atoms with E-state index in [9.17, 15) is 4.79 Å². The summed E-state index contributed by atoms with van der Waals surface area (Å²) in [4.78, 5) is 12.6. The van der Waals surface area contributed by atoms with E-state index >= 15 is 0 Å². The van der Waals surface area contributed by atoms with Crippen LogP contribution in [0.1, 0.15) is 31.9 Å². The number of thioether (sulfide) groups is 1. The Morgan fingerprint density at radius 3 is 3.00 bits per heavy atom. The summed E-state index contributed by atoms with van der Waals surface area (Å²) in [5, 5.41) is 3.39. The van der Waals surface area contributed by atoms with Gasteiger partial charge in [0.1, 0.15) is 6.04 Å². The van der Waals surface area contributed by atoms with Crippen LogP contribution in [-0.4, -0.2) is 11.2 Å². The van der Waals surface area contributed by atoms with Crippen molar-refractivity contribution in [3.05, 3.63) is 23.8 Å². The largest absolute Gasteiger partial charge is 0.324 e. The Balaban J connectivity index is 2.22. The first kappa shape index (κ1) is 11.5. The van der Waals surface area contributed by atoms with Crippen LogP contribution < -0.4 is 11.1 Å². The quantitative estimate of drug-likeness (QED) is 0.793. The Morgan fingerprint density at radius 1 is 1.56 bits per heavy atom. The number of rotatable bonds is 3. The van der Waals surface area contributed by atoms with Crippen LogP contribution in [0.15, 0.2) is 23.1 Å². The van der Waals surface area contributed by atoms with Crippen molar-refractivity contribution < 1.29 is 4.79 Å². The summed E-state index contributed by atoms with van der Waals surface area (Å²) in [6.45, 7) is 4.37. The van der Waals surface area contributed by atoms with Crippen molar-refractivity contribution >= 4 is 23.4 Å². The summed E-state index contributed by atoms with van der Waals surface area (Å²) >= 11 is 1.82. The number of anilines is 1. The van der Waals surface area contributed by atoms with Gasteiger partial charge < -0.3 is 11.1 Å². The summed E-state index contributed by atoms with van der Waals surface area (Å²) in [5.41, 5.74) is 7.52. The molecule has 16 heavy (non-hydrogen) atoms. The van der Waals surface area contributed by atoms with Crippen molar-refractivity contribution in [1.82, 2.24) is 0 Å². The molecule has 0 aromatic heterocycles. The van der Waals surface area contributed by atoms with Gasteiger partial charge in [0.05, 0.1) is 0 Å². The fourth-order valence-corrected chi connectivity index (χ4v) is 2.62. The van der Waals surface area contributed by atoms with Crippen molar-refractivity contribution in [3.8, 4) is 0 Å². The molecule has 2 unspecified atom stereocenters. The highest BCUT2D eigenvalue weighted by Crippen LogP contribution is 2.34. The SMILES string of the molecule is CCC(C)Sc1ccc2c(c1)NC(=O)C2N. The molecule has 3 nitrogen and oxygen atoms in total. The van der Waals surface area contributed by atoms with Gasteiger partial charge in [-0.1, -0.05) is 19.9 Å². The minimum Gasteiger partial charge on any atom is -0.324 e. The molecule has 1 heterocycles. The van der Waals surface area contributed by atoms with Crippen LogP contribution in [0.5, 0.6) is 0 Å². The Hall–Kier alpha value is -1.00. The van der Waals surface area contributed by atoms with Gasteiger partial charge in [0, 0.05) is 21.4 Å². The minimum absolute atomic E-state index is 0.110. The maximum absolute atomic E-state index is 11.4. The van der Waals surface area contributed by atoms with Gasteiger partial charge in [-0.2, -0.15) is 0 Å². The number of benzene rings is 1. The highest BCUT2D eigenvalue weighted by molar-refractivity contribution is 7.99. The van der Waals surface area contributed by atoms with Crippen LogP contribution in [0.2, 0.25) is 0 Å². The smallest absolute Gasteiger partial charge is 0.245 e. The Bertz CT molecular complexity index is 419. The fraction of sp³-hybridized carbons (Fsp3) is 0.417. The first-order valence-corrected chi connectivity index (χ1v) is 6.37. The molecule has 1 aromatic carbocycles. The predicted molar refractivity (Wildman–Crippen MR) is 67.6 cm³/mol. The van der Waals surface area contributed by atoms with E-state index in [1.807, 2.05) is 30.0 Å². The lowest BCUT2D eigenvalue weighted by atomic mass is 10.1. The van der Waals surface area contributed by atoms with Gasteiger partial charge >= 0.3 is 0 Å². The summed E-state index contributed by atoms with van der Waals surface area (Å²) in [5.74, 6) is -0.110. The number of nitrogens with two attached hydrogens (primary N) is 1. The number of hydrogen-bond acceptors (Lipinski definition) is 3.